The van der Waals surface area contributed by atoms with Crippen molar-refractivity contribution in [3.05, 3.63) is 60.1 Å². The molecule has 2 saturated heterocycles. The standard InChI is InChI=1S/C26H37FN7O3S2/c1-20(21-3-5-22(27)6-4-21)34-19-29-15-23(34)16-31-11-13-33(14-12-31)39(36,37)24-17-30(2)25(38-24)32-9-7-26(28,18-35)8-10-32/h3-6,15,17,19-20,35H,7-14,16,18,28H2,1-2H3/q+1. The number of thiazole rings is 1. The SMILES string of the molecule is CC(c1ccc(F)cc1)n1cncc1CN1CCN(S(=O)(=O)c2c[n+](C)c(N3CCC(N)(CO)CC3)s2)CC1. The lowest BCUT2D eigenvalue weighted by Crippen LogP contribution is -2.54. The minimum atomic E-state index is -3.61. The number of anilines is 1. The number of imidazole rings is 1. The van der Waals surface area contributed by atoms with Crippen molar-refractivity contribution in [3.8, 4) is 0 Å². The molecular weight excluding hydrogens is 541 g/mol. The zero-order valence-corrected chi connectivity index (χ0v) is 24.0. The van der Waals surface area contributed by atoms with Gasteiger partial charge in [-0.2, -0.15) is 4.31 Å². The number of rotatable bonds is 8. The average molecular weight is 579 g/mol. The van der Waals surface area contributed by atoms with Crippen LogP contribution in [0.1, 0.15) is 37.1 Å². The van der Waals surface area contributed by atoms with E-state index in [0.29, 0.717) is 62.9 Å². The Morgan fingerprint density at radius 1 is 1.15 bits per heavy atom. The third kappa shape index (κ3) is 5.88. The number of aliphatic hydroxyl groups excluding tert-OH is 1. The van der Waals surface area contributed by atoms with Crippen LogP contribution in [-0.2, 0) is 23.6 Å². The van der Waals surface area contributed by atoms with Crippen molar-refractivity contribution in [1.29, 1.82) is 0 Å². The number of nitrogens with two attached hydrogens (primary N) is 1. The predicted octanol–water partition coefficient (Wildman–Crippen LogP) is 1.31. The highest BCUT2D eigenvalue weighted by Gasteiger charge is 2.38. The molecule has 0 aliphatic carbocycles. The first kappa shape index (κ1) is 28.1. The van der Waals surface area contributed by atoms with Crippen LogP contribution < -0.4 is 15.2 Å². The molecule has 2 aromatic heterocycles. The number of hydrogen-bond donors (Lipinski definition) is 2. The number of halogens is 1. The van der Waals surface area contributed by atoms with E-state index in [9.17, 15) is 17.9 Å². The molecule has 1 atom stereocenters. The fraction of sp³-hybridized carbons (Fsp3) is 0.538. The Labute approximate surface area is 233 Å². The van der Waals surface area contributed by atoms with E-state index in [0.717, 1.165) is 16.4 Å². The lowest BCUT2D eigenvalue weighted by Gasteiger charge is -2.34. The highest BCUT2D eigenvalue weighted by atomic mass is 32.2. The molecule has 0 amide bonds. The molecule has 2 fully saturated rings. The molecule has 1 unspecified atom stereocenters. The van der Waals surface area contributed by atoms with Crippen LogP contribution >= 0.6 is 11.3 Å². The molecule has 0 bridgehead atoms. The number of piperazine rings is 1. The second-order valence-electron chi connectivity index (χ2n) is 10.7. The molecule has 212 valence electrons. The molecule has 2 aliphatic heterocycles. The zero-order valence-electron chi connectivity index (χ0n) is 22.4. The van der Waals surface area contributed by atoms with Crippen LogP contribution in [0.3, 0.4) is 0 Å². The topological polar surface area (TPSA) is 112 Å². The molecule has 3 N–H and O–H groups in total. The smallest absolute Gasteiger partial charge is 0.337 e. The van der Waals surface area contributed by atoms with Crippen molar-refractivity contribution < 1.29 is 22.5 Å². The van der Waals surface area contributed by atoms with Crippen LogP contribution in [0.4, 0.5) is 9.52 Å². The van der Waals surface area contributed by atoms with Gasteiger partial charge in [0.15, 0.2) is 4.21 Å². The fourth-order valence-electron chi connectivity index (χ4n) is 5.30. The van der Waals surface area contributed by atoms with Crippen molar-refractivity contribution in [1.82, 2.24) is 18.8 Å². The molecule has 1 aromatic carbocycles. The van der Waals surface area contributed by atoms with Crippen molar-refractivity contribution >= 4 is 26.5 Å². The minimum Gasteiger partial charge on any atom is -0.394 e. The van der Waals surface area contributed by atoms with E-state index in [-0.39, 0.29) is 18.5 Å². The average Bonchev–Trinajstić information content (AvgIpc) is 3.56. The van der Waals surface area contributed by atoms with E-state index in [1.165, 1.54) is 23.5 Å². The summed E-state index contributed by atoms with van der Waals surface area (Å²) in [6.45, 7) is 6.09. The molecule has 5 rings (SSSR count). The lowest BCUT2D eigenvalue weighted by atomic mass is 9.90. The molecule has 13 heteroatoms. The Bertz CT molecular complexity index is 1380. The molecule has 4 heterocycles. The van der Waals surface area contributed by atoms with Crippen molar-refractivity contribution in [3.63, 3.8) is 0 Å². The van der Waals surface area contributed by atoms with E-state index in [4.69, 9.17) is 5.73 Å². The van der Waals surface area contributed by atoms with E-state index in [1.54, 1.807) is 29.0 Å². The number of aromatic nitrogens is 3. The summed E-state index contributed by atoms with van der Waals surface area (Å²) in [4.78, 5) is 8.73. The van der Waals surface area contributed by atoms with Gasteiger partial charge in [-0.25, -0.2) is 22.4 Å². The summed E-state index contributed by atoms with van der Waals surface area (Å²) in [7, 11) is -1.74. The van der Waals surface area contributed by atoms with Crippen molar-refractivity contribution in [2.24, 2.45) is 12.8 Å². The van der Waals surface area contributed by atoms with E-state index in [2.05, 4.69) is 26.3 Å². The number of aryl methyl sites for hydroxylation is 1. The monoisotopic (exact) mass is 578 g/mol. The van der Waals surface area contributed by atoms with Gasteiger partial charge in [-0.1, -0.05) is 12.1 Å². The Balaban J connectivity index is 1.21. The van der Waals surface area contributed by atoms with Crippen molar-refractivity contribution in [2.45, 2.75) is 42.1 Å². The van der Waals surface area contributed by atoms with Gasteiger partial charge in [0.25, 0.3) is 10.0 Å². The molecule has 3 aromatic rings. The number of hydrogen-bond acceptors (Lipinski definition) is 8. The fourth-order valence-corrected chi connectivity index (χ4v) is 8.35. The van der Waals surface area contributed by atoms with Gasteiger partial charge in [0, 0.05) is 57.3 Å². The van der Waals surface area contributed by atoms with Gasteiger partial charge in [-0.3, -0.25) is 9.80 Å². The van der Waals surface area contributed by atoms with E-state index in [1.807, 2.05) is 17.8 Å². The number of aliphatic hydroxyl groups is 1. The third-order valence-corrected chi connectivity index (χ3v) is 11.5. The highest BCUT2D eigenvalue weighted by Crippen LogP contribution is 2.31. The maximum atomic E-state index is 13.5. The second-order valence-corrected chi connectivity index (χ2v) is 13.8. The predicted molar refractivity (Wildman–Crippen MR) is 147 cm³/mol. The molecule has 10 nitrogen and oxygen atoms in total. The summed E-state index contributed by atoms with van der Waals surface area (Å²) in [5, 5.41) is 10.4. The molecule has 0 saturated carbocycles. The van der Waals surface area contributed by atoms with Gasteiger partial charge in [-0.05, 0) is 36.0 Å². The Kier molecular flexibility index (Phi) is 8.09. The normalized spacial score (nSPS) is 19.9. The maximum absolute atomic E-state index is 13.5. The Morgan fingerprint density at radius 2 is 1.82 bits per heavy atom. The van der Waals surface area contributed by atoms with Gasteiger partial charge in [0.05, 0.1) is 44.8 Å². The van der Waals surface area contributed by atoms with E-state index < -0.39 is 15.6 Å². The quantitative estimate of drug-likeness (QED) is 0.388. The van der Waals surface area contributed by atoms with Gasteiger partial charge in [0.2, 0.25) is 0 Å². The van der Waals surface area contributed by atoms with Gasteiger partial charge in [0.1, 0.15) is 12.0 Å². The number of sulfonamides is 1. The van der Waals surface area contributed by atoms with Crippen LogP contribution in [0.15, 0.2) is 47.2 Å². The van der Waals surface area contributed by atoms with E-state index >= 15 is 0 Å². The number of piperidine rings is 1. The van der Waals surface area contributed by atoms with Crippen LogP contribution in [0, 0.1) is 5.82 Å². The zero-order chi connectivity index (χ0) is 27.8. The second kappa shape index (κ2) is 11.2. The van der Waals surface area contributed by atoms with Gasteiger partial charge in [-0.15, -0.1) is 0 Å². The van der Waals surface area contributed by atoms with Gasteiger partial charge < -0.3 is 15.4 Å². The molecule has 0 spiro atoms. The largest absolute Gasteiger partial charge is 0.394 e. The third-order valence-electron chi connectivity index (χ3n) is 7.96. The molecule has 2 aliphatic rings. The first-order chi connectivity index (χ1) is 18.6. The maximum Gasteiger partial charge on any atom is 0.337 e. The summed E-state index contributed by atoms with van der Waals surface area (Å²) < 4.78 is 46.3. The van der Waals surface area contributed by atoms with Crippen LogP contribution in [0.25, 0.3) is 0 Å². The van der Waals surface area contributed by atoms with Gasteiger partial charge >= 0.3 is 5.13 Å². The summed E-state index contributed by atoms with van der Waals surface area (Å²) in [6, 6.07) is 6.51. The van der Waals surface area contributed by atoms with Crippen molar-refractivity contribution in [2.75, 3.05) is 50.8 Å². The lowest BCUT2D eigenvalue weighted by molar-refractivity contribution is -0.656. The summed E-state index contributed by atoms with van der Waals surface area (Å²) >= 11 is 1.29. The molecule has 0 radical (unpaired) electrons. The first-order valence-corrected chi connectivity index (χ1v) is 15.5. The van der Waals surface area contributed by atoms with Crippen LogP contribution in [0.2, 0.25) is 0 Å². The molecule has 39 heavy (non-hydrogen) atoms. The summed E-state index contributed by atoms with van der Waals surface area (Å²) in [6.07, 6.45) is 6.65. The summed E-state index contributed by atoms with van der Waals surface area (Å²) in [5.74, 6) is -0.260. The minimum absolute atomic E-state index is 0.00310. The Morgan fingerprint density at radius 3 is 2.46 bits per heavy atom. The number of benzene rings is 1. The molecular formula is C26H37FN7O3S2+. The highest BCUT2D eigenvalue weighted by molar-refractivity contribution is 7.91. The van der Waals surface area contributed by atoms with Crippen LogP contribution in [0.5, 0.6) is 0 Å². The number of nitrogens with zero attached hydrogens (tertiary/aromatic N) is 6. The summed E-state index contributed by atoms with van der Waals surface area (Å²) in [5.41, 5.74) is 7.68. The van der Waals surface area contributed by atoms with Crippen LogP contribution in [-0.4, -0.2) is 83.7 Å². The first-order valence-electron chi connectivity index (χ1n) is 13.2. The Hall–Kier alpha value is -2.42.